The van der Waals surface area contributed by atoms with Gasteiger partial charge in [0.25, 0.3) is 0 Å². The molecular weight excluding hydrogens is 328 g/mol. The topological polar surface area (TPSA) is 68.2 Å². The Labute approximate surface area is 145 Å². The Morgan fingerprint density at radius 3 is 2.67 bits per heavy atom. The zero-order chi connectivity index (χ0) is 16.8. The molecule has 3 saturated carbocycles. The highest BCUT2D eigenvalue weighted by Gasteiger charge is 2.68. The lowest BCUT2D eigenvalue weighted by molar-refractivity contribution is -0.177. The zero-order valence-corrected chi connectivity index (χ0v) is 14.1. The maximum Gasteiger partial charge on any atom is 0.320 e. The molecule has 3 fully saturated rings. The van der Waals surface area contributed by atoms with Crippen LogP contribution < -0.4 is 10.6 Å². The number of benzene rings is 1. The number of halogens is 1. The minimum atomic E-state index is -0.206. The molecule has 126 valence electrons. The first-order chi connectivity index (χ1) is 11.5. The molecule has 0 saturated heterocycles. The van der Waals surface area contributed by atoms with Crippen molar-refractivity contribution in [3.05, 3.63) is 41.6 Å². The first kappa shape index (κ1) is 15.5. The van der Waals surface area contributed by atoms with Gasteiger partial charge in [-0.1, -0.05) is 11.6 Å². The van der Waals surface area contributed by atoms with Crippen molar-refractivity contribution in [2.45, 2.75) is 24.8 Å². The second kappa shape index (κ2) is 5.50. The van der Waals surface area contributed by atoms with Crippen LogP contribution in [0.5, 0.6) is 0 Å². The van der Waals surface area contributed by atoms with Crippen molar-refractivity contribution in [1.82, 2.24) is 15.1 Å². The molecule has 1 heterocycles. The Morgan fingerprint density at radius 2 is 2.00 bits per heavy atom. The van der Waals surface area contributed by atoms with Gasteiger partial charge in [0, 0.05) is 35.3 Å². The average molecular weight is 347 g/mol. The molecule has 5 rings (SSSR count). The van der Waals surface area contributed by atoms with E-state index >= 15 is 0 Å². The summed E-state index contributed by atoms with van der Waals surface area (Å²) in [4.78, 5) is 12.2. The highest BCUT2D eigenvalue weighted by atomic mass is 35.5. The van der Waals surface area contributed by atoms with Gasteiger partial charge >= 0.3 is 6.03 Å². The lowest BCUT2D eigenvalue weighted by atomic mass is 9.39. The van der Waals surface area contributed by atoms with E-state index in [0.29, 0.717) is 16.3 Å². The van der Waals surface area contributed by atoms with Crippen LogP contribution in [0.4, 0.5) is 10.6 Å². The van der Waals surface area contributed by atoms with Crippen LogP contribution in [0.15, 0.2) is 36.5 Å². The van der Waals surface area contributed by atoms with Crippen LogP contribution in [-0.4, -0.2) is 35.1 Å². The third-order valence-corrected chi connectivity index (χ3v) is 5.14. The number of nitrogens with zero attached hydrogens (tertiary/aromatic N) is 2. The van der Waals surface area contributed by atoms with E-state index in [1.807, 2.05) is 12.1 Å². The normalized spacial score (nSPS) is 27.1. The molecule has 0 spiro atoms. The summed E-state index contributed by atoms with van der Waals surface area (Å²) in [6.07, 6.45) is 4.80. The van der Waals surface area contributed by atoms with Gasteiger partial charge in [-0.15, -0.1) is 5.10 Å². The van der Waals surface area contributed by atoms with Crippen molar-refractivity contribution in [3.63, 3.8) is 0 Å². The van der Waals surface area contributed by atoms with Crippen molar-refractivity contribution < 1.29 is 9.53 Å². The first-order valence-corrected chi connectivity index (χ1v) is 8.29. The third kappa shape index (κ3) is 2.65. The van der Waals surface area contributed by atoms with Crippen LogP contribution >= 0.6 is 11.6 Å². The van der Waals surface area contributed by atoms with Gasteiger partial charge in [0.15, 0.2) is 5.82 Å². The summed E-state index contributed by atoms with van der Waals surface area (Å²) in [6, 6.07) is 8.91. The molecule has 6 nitrogen and oxygen atoms in total. The van der Waals surface area contributed by atoms with E-state index in [0.717, 1.165) is 31.6 Å². The van der Waals surface area contributed by atoms with E-state index in [1.165, 1.54) is 0 Å². The number of ether oxygens (including phenoxy) is 1. The SMILES string of the molecule is COCC12CC(NC(=O)Nc3ccn(-c4ccc(Cl)cc4)n3)(C1)C2. The van der Waals surface area contributed by atoms with Crippen LogP contribution in [-0.2, 0) is 4.74 Å². The van der Waals surface area contributed by atoms with Crippen molar-refractivity contribution in [3.8, 4) is 5.69 Å². The largest absolute Gasteiger partial charge is 0.384 e. The molecule has 1 aromatic heterocycles. The Morgan fingerprint density at radius 1 is 1.29 bits per heavy atom. The van der Waals surface area contributed by atoms with Crippen LogP contribution in [0.1, 0.15) is 19.3 Å². The average Bonchev–Trinajstić information content (AvgIpc) is 2.93. The van der Waals surface area contributed by atoms with Gasteiger partial charge in [0.2, 0.25) is 0 Å². The fourth-order valence-corrected chi connectivity index (χ4v) is 4.23. The molecule has 0 atom stereocenters. The molecule has 24 heavy (non-hydrogen) atoms. The quantitative estimate of drug-likeness (QED) is 0.873. The van der Waals surface area contributed by atoms with E-state index in [2.05, 4.69) is 15.7 Å². The third-order valence-electron chi connectivity index (χ3n) is 4.89. The number of carbonyl (C=O) groups is 1. The van der Waals surface area contributed by atoms with E-state index < -0.39 is 0 Å². The van der Waals surface area contributed by atoms with Crippen molar-refractivity contribution in [2.75, 3.05) is 19.0 Å². The molecular formula is C17H19ClN4O2. The number of anilines is 1. The molecule has 0 unspecified atom stereocenters. The predicted octanol–water partition coefficient (Wildman–Crippen LogP) is 3.22. The second-order valence-electron chi connectivity index (χ2n) is 6.94. The van der Waals surface area contributed by atoms with Crippen molar-refractivity contribution >= 4 is 23.4 Å². The molecule has 2 bridgehead atoms. The molecule has 2 amide bonds. The number of amides is 2. The van der Waals surface area contributed by atoms with Crippen LogP contribution in [0.3, 0.4) is 0 Å². The molecule has 7 heteroatoms. The van der Waals surface area contributed by atoms with Gasteiger partial charge in [-0.3, -0.25) is 5.32 Å². The number of hydrogen-bond acceptors (Lipinski definition) is 3. The maximum absolute atomic E-state index is 12.2. The van der Waals surface area contributed by atoms with Gasteiger partial charge in [0.05, 0.1) is 12.3 Å². The fraction of sp³-hybridized carbons (Fsp3) is 0.412. The minimum Gasteiger partial charge on any atom is -0.384 e. The Balaban J connectivity index is 1.33. The maximum atomic E-state index is 12.2. The Hall–Kier alpha value is -2.05. The van der Waals surface area contributed by atoms with Gasteiger partial charge < -0.3 is 10.1 Å². The highest BCUT2D eigenvalue weighted by molar-refractivity contribution is 6.30. The van der Waals surface area contributed by atoms with Crippen LogP contribution in [0, 0.1) is 5.41 Å². The van der Waals surface area contributed by atoms with Crippen molar-refractivity contribution in [2.24, 2.45) is 5.41 Å². The summed E-state index contributed by atoms with van der Waals surface area (Å²) < 4.78 is 6.93. The highest BCUT2D eigenvalue weighted by Crippen LogP contribution is 2.67. The van der Waals surface area contributed by atoms with Gasteiger partial charge in [-0.05, 0) is 43.5 Å². The standard InChI is InChI=1S/C17H19ClN4O2/c1-24-11-16-8-17(9-16,10-16)20-15(23)19-14-6-7-22(21-14)13-4-2-12(18)3-5-13/h2-7H,8-11H2,1H3,(H2,19,20,21,23). The van der Waals surface area contributed by atoms with Crippen LogP contribution in [0.2, 0.25) is 5.02 Å². The first-order valence-electron chi connectivity index (χ1n) is 7.91. The van der Waals surface area contributed by atoms with Gasteiger partial charge in [-0.25, -0.2) is 9.48 Å². The summed E-state index contributed by atoms with van der Waals surface area (Å²) >= 11 is 5.88. The van der Waals surface area contributed by atoms with Crippen LogP contribution in [0.25, 0.3) is 5.69 Å². The van der Waals surface area contributed by atoms with Gasteiger partial charge in [0.1, 0.15) is 0 Å². The number of rotatable bonds is 5. The molecule has 0 aliphatic heterocycles. The molecule has 0 radical (unpaired) electrons. The zero-order valence-electron chi connectivity index (χ0n) is 13.4. The summed E-state index contributed by atoms with van der Waals surface area (Å²) in [5.41, 5.74) is 1.15. The molecule has 2 N–H and O–H groups in total. The molecule has 3 aliphatic rings. The number of carbonyl (C=O) groups excluding carboxylic acids is 1. The lowest BCUT2D eigenvalue weighted by Crippen LogP contribution is -2.76. The Kier molecular flexibility index (Phi) is 3.54. The fourth-order valence-electron chi connectivity index (χ4n) is 4.11. The van der Waals surface area contributed by atoms with Gasteiger partial charge in [-0.2, -0.15) is 0 Å². The summed E-state index contributed by atoms with van der Waals surface area (Å²) in [7, 11) is 1.73. The monoisotopic (exact) mass is 346 g/mol. The smallest absolute Gasteiger partial charge is 0.320 e. The summed E-state index contributed by atoms with van der Waals surface area (Å²) in [6.45, 7) is 0.781. The molecule has 2 aromatic rings. The lowest BCUT2D eigenvalue weighted by Gasteiger charge is -2.70. The molecule has 1 aromatic carbocycles. The predicted molar refractivity (Wildman–Crippen MR) is 91.6 cm³/mol. The molecule has 3 aliphatic carbocycles. The number of hydrogen-bond donors (Lipinski definition) is 2. The van der Waals surface area contributed by atoms with E-state index in [9.17, 15) is 4.79 Å². The number of urea groups is 1. The van der Waals surface area contributed by atoms with Crippen molar-refractivity contribution in [1.29, 1.82) is 0 Å². The van der Waals surface area contributed by atoms with E-state index in [4.69, 9.17) is 16.3 Å². The second-order valence-corrected chi connectivity index (χ2v) is 7.38. The summed E-state index contributed by atoms with van der Waals surface area (Å²) in [5.74, 6) is 0.514. The summed E-state index contributed by atoms with van der Waals surface area (Å²) in [5, 5.41) is 10.9. The number of nitrogens with one attached hydrogen (secondary N) is 2. The number of methoxy groups -OCH3 is 1. The Bertz CT molecular complexity index is 751. The number of aromatic nitrogens is 2. The van der Waals surface area contributed by atoms with E-state index in [1.54, 1.807) is 36.2 Å². The van der Waals surface area contributed by atoms with E-state index in [-0.39, 0.29) is 11.6 Å². The minimum absolute atomic E-state index is 0.0403.